The number of aryl methyl sites for hydroxylation is 2. The molecular formula is C15H16N4O3S. The highest BCUT2D eigenvalue weighted by Crippen LogP contribution is 2.28. The van der Waals surface area contributed by atoms with Gasteiger partial charge in [-0.25, -0.2) is 8.42 Å². The lowest BCUT2D eigenvalue weighted by Crippen LogP contribution is -2.15. The van der Waals surface area contributed by atoms with Crippen LogP contribution in [0.25, 0.3) is 5.65 Å². The van der Waals surface area contributed by atoms with Crippen molar-refractivity contribution < 1.29 is 13.2 Å². The van der Waals surface area contributed by atoms with E-state index >= 15 is 0 Å². The molecule has 7 nitrogen and oxygen atoms in total. The molecule has 0 radical (unpaired) electrons. The third kappa shape index (κ3) is 2.85. The lowest BCUT2D eigenvalue weighted by atomic mass is 10.1. The average Bonchev–Trinajstić information content (AvgIpc) is 2.96. The second-order valence-electron chi connectivity index (χ2n) is 5.21. The minimum atomic E-state index is -3.78. The summed E-state index contributed by atoms with van der Waals surface area (Å²) in [5.74, 6) is 0.311. The Bertz CT molecular complexity index is 980. The van der Waals surface area contributed by atoms with Gasteiger partial charge in [0.25, 0.3) is 10.0 Å². The van der Waals surface area contributed by atoms with Gasteiger partial charge < -0.3 is 4.74 Å². The van der Waals surface area contributed by atoms with Crippen LogP contribution in [0.15, 0.2) is 41.7 Å². The molecule has 8 heteroatoms. The number of sulfonamides is 1. The number of benzene rings is 1. The minimum absolute atomic E-state index is 0.104. The molecule has 0 spiro atoms. The van der Waals surface area contributed by atoms with Crippen LogP contribution in [0.3, 0.4) is 0 Å². The Kier molecular flexibility index (Phi) is 3.69. The zero-order valence-corrected chi connectivity index (χ0v) is 13.8. The van der Waals surface area contributed by atoms with Crippen LogP contribution in [0.1, 0.15) is 11.1 Å². The van der Waals surface area contributed by atoms with Crippen LogP contribution in [-0.2, 0) is 10.0 Å². The van der Waals surface area contributed by atoms with Gasteiger partial charge in [0, 0.05) is 6.20 Å². The quantitative estimate of drug-likeness (QED) is 0.791. The highest BCUT2D eigenvalue weighted by Gasteiger charge is 2.21. The topological polar surface area (TPSA) is 85.6 Å². The Morgan fingerprint density at radius 3 is 2.65 bits per heavy atom. The molecule has 0 atom stereocenters. The monoisotopic (exact) mass is 332 g/mol. The first-order chi connectivity index (χ1) is 10.9. The third-order valence-electron chi connectivity index (χ3n) is 3.61. The maximum absolute atomic E-state index is 12.7. The Balaban J connectivity index is 2.02. The number of ether oxygens (including phenoxy) is 1. The fourth-order valence-corrected chi connectivity index (χ4v) is 3.51. The molecule has 1 aromatic carbocycles. The van der Waals surface area contributed by atoms with Crippen molar-refractivity contribution in [2.24, 2.45) is 0 Å². The normalized spacial score (nSPS) is 11.6. The molecule has 23 heavy (non-hydrogen) atoms. The van der Waals surface area contributed by atoms with Gasteiger partial charge in [-0.05, 0) is 49.2 Å². The summed E-state index contributed by atoms with van der Waals surface area (Å²) < 4.78 is 34.8. The number of pyridine rings is 1. The van der Waals surface area contributed by atoms with Gasteiger partial charge in [-0.1, -0.05) is 0 Å². The van der Waals surface area contributed by atoms with E-state index in [1.807, 2.05) is 13.8 Å². The maximum Gasteiger partial charge on any atom is 0.265 e. The largest absolute Gasteiger partial charge is 0.495 e. The van der Waals surface area contributed by atoms with Gasteiger partial charge in [0.2, 0.25) is 0 Å². The first-order valence-electron chi connectivity index (χ1n) is 6.88. The van der Waals surface area contributed by atoms with E-state index in [-0.39, 0.29) is 4.90 Å². The van der Waals surface area contributed by atoms with E-state index in [4.69, 9.17) is 4.74 Å². The van der Waals surface area contributed by atoms with Crippen LogP contribution in [0.4, 0.5) is 5.69 Å². The fraction of sp³-hybridized carbons (Fsp3) is 0.200. The smallest absolute Gasteiger partial charge is 0.265 e. The summed E-state index contributed by atoms with van der Waals surface area (Å²) in [7, 11) is -2.33. The molecule has 2 heterocycles. The van der Waals surface area contributed by atoms with Gasteiger partial charge in [0.05, 0.1) is 12.8 Å². The Hall–Kier alpha value is -2.61. The van der Waals surface area contributed by atoms with Crippen molar-refractivity contribution in [1.29, 1.82) is 0 Å². The van der Waals surface area contributed by atoms with Crippen LogP contribution in [0.5, 0.6) is 5.75 Å². The molecule has 0 fully saturated rings. The standard InChI is InChI=1S/C15H16N4O3S/c1-10-6-13(22-3)14(7-11(10)2)23(20,21)18-12-4-5-15-17-16-9-19(15)8-12/h4-9,18H,1-3H3. The number of nitrogens with one attached hydrogen (secondary N) is 1. The van der Waals surface area contributed by atoms with E-state index in [0.717, 1.165) is 11.1 Å². The molecule has 1 N–H and O–H groups in total. The van der Waals surface area contributed by atoms with Crippen LogP contribution in [0, 0.1) is 13.8 Å². The zero-order chi connectivity index (χ0) is 16.6. The molecule has 0 aliphatic rings. The van der Waals surface area contributed by atoms with E-state index in [1.165, 1.54) is 13.4 Å². The zero-order valence-electron chi connectivity index (χ0n) is 12.9. The number of anilines is 1. The number of methoxy groups -OCH3 is 1. The van der Waals surface area contributed by atoms with E-state index in [2.05, 4.69) is 14.9 Å². The Morgan fingerprint density at radius 2 is 1.91 bits per heavy atom. The molecule has 0 saturated carbocycles. The van der Waals surface area contributed by atoms with Gasteiger partial charge in [-0.2, -0.15) is 0 Å². The summed E-state index contributed by atoms with van der Waals surface area (Å²) >= 11 is 0. The van der Waals surface area contributed by atoms with Crippen molar-refractivity contribution in [3.8, 4) is 5.75 Å². The van der Waals surface area contributed by atoms with Crippen molar-refractivity contribution in [1.82, 2.24) is 14.6 Å². The molecule has 0 unspecified atom stereocenters. The second kappa shape index (κ2) is 5.54. The molecule has 0 aliphatic heterocycles. The van der Waals surface area contributed by atoms with Crippen LogP contribution < -0.4 is 9.46 Å². The van der Waals surface area contributed by atoms with Crippen molar-refractivity contribution in [3.05, 3.63) is 47.9 Å². The van der Waals surface area contributed by atoms with Crippen LogP contribution in [-0.4, -0.2) is 30.1 Å². The molecule has 3 aromatic rings. The van der Waals surface area contributed by atoms with Gasteiger partial charge in [-0.15, -0.1) is 10.2 Å². The predicted molar refractivity (Wildman–Crippen MR) is 86.3 cm³/mol. The number of fused-ring (bicyclic) bond motifs is 1. The Morgan fingerprint density at radius 1 is 1.17 bits per heavy atom. The SMILES string of the molecule is COc1cc(C)c(C)cc1S(=O)(=O)Nc1ccc2nncn2c1. The van der Waals surface area contributed by atoms with E-state index in [1.54, 1.807) is 34.9 Å². The Labute approximate surface area is 134 Å². The summed E-state index contributed by atoms with van der Waals surface area (Å²) in [6, 6.07) is 6.64. The molecule has 0 aliphatic carbocycles. The minimum Gasteiger partial charge on any atom is -0.495 e. The molecule has 0 bridgehead atoms. The van der Waals surface area contributed by atoms with Gasteiger partial charge in [0.1, 0.15) is 17.0 Å². The fourth-order valence-electron chi connectivity index (χ4n) is 2.23. The highest BCUT2D eigenvalue weighted by molar-refractivity contribution is 7.92. The number of nitrogens with zero attached hydrogens (tertiary/aromatic N) is 3. The van der Waals surface area contributed by atoms with E-state index in [9.17, 15) is 8.42 Å². The molecule has 2 aromatic heterocycles. The van der Waals surface area contributed by atoms with Crippen molar-refractivity contribution >= 4 is 21.4 Å². The summed E-state index contributed by atoms with van der Waals surface area (Å²) in [6.07, 6.45) is 3.12. The van der Waals surface area contributed by atoms with Crippen molar-refractivity contribution in [2.45, 2.75) is 18.7 Å². The summed E-state index contributed by atoms with van der Waals surface area (Å²) in [4.78, 5) is 0.104. The van der Waals surface area contributed by atoms with Gasteiger partial charge in [-0.3, -0.25) is 9.12 Å². The molecular weight excluding hydrogens is 316 g/mol. The molecule has 0 amide bonds. The number of rotatable bonds is 4. The van der Waals surface area contributed by atoms with Gasteiger partial charge in [0.15, 0.2) is 5.65 Å². The number of hydrogen-bond acceptors (Lipinski definition) is 5. The summed E-state index contributed by atoms with van der Waals surface area (Å²) in [6.45, 7) is 3.76. The first-order valence-corrected chi connectivity index (χ1v) is 8.36. The maximum atomic E-state index is 12.7. The second-order valence-corrected chi connectivity index (χ2v) is 6.86. The van der Waals surface area contributed by atoms with Gasteiger partial charge >= 0.3 is 0 Å². The van der Waals surface area contributed by atoms with Crippen molar-refractivity contribution in [3.63, 3.8) is 0 Å². The lowest BCUT2D eigenvalue weighted by Gasteiger charge is -2.14. The molecule has 3 rings (SSSR count). The number of hydrogen-bond donors (Lipinski definition) is 1. The predicted octanol–water partition coefficient (Wildman–Crippen LogP) is 2.16. The summed E-state index contributed by atoms with van der Waals surface area (Å²) in [5, 5.41) is 7.64. The third-order valence-corrected chi connectivity index (χ3v) is 5.02. The average molecular weight is 332 g/mol. The first kappa shape index (κ1) is 15.3. The molecule has 120 valence electrons. The summed E-state index contributed by atoms with van der Waals surface area (Å²) in [5.41, 5.74) is 2.89. The van der Waals surface area contributed by atoms with Crippen LogP contribution >= 0.6 is 0 Å². The van der Waals surface area contributed by atoms with E-state index < -0.39 is 10.0 Å². The van der Waals surface area contributed by atoms with Crippen LogP contribution in [0.2, 0.25) is 0 Å². The molecule has 0 saturated heterocycles. The lowest BCUT2D eigenvalue weighted by molar-refractivity contribution is 0.402. The van der Waals surface area contributed by atoms with E-state index in [0.29, 0.717) is 17.1 Å². The highest BCUT2D eigenvalue weighted by atomic mass is 32.2. The van der Waals surface area contributed by atoms with Crippen molar-refractivity contribution in [2.75, 3.05) is 11.8 Å². The number of aromatic nitrogens is 3.